The molecule has 0 spiro atoms. The number of benzene rings is 1. The van der Waals surface area contributed by atoms with Crippen LogP contribution in [0.2, 0.25) is 0 Å². The molecule has 1 aliphatic heterocycles. The molecule has 1 saturated carbocycles. The Balaban J connectivity index is 1.42. The summed E-state index contributed by atoms with van der Waals surface area (Å²) in [7, 11) is 0. The van der Waals surface area contributed by atoms with Crippen LogP contribution in [0.4, 0.5) is 11.4 Å². The molecule has 0 bridgehead atoms. The minimum Gasteiger partial charge on any atom is -0.376 e. The van der Waals surface area contributed by atoms with Gasteiger partial charge in [0, 0.05) is 23.9 Å². The molecule has 136 valence electrons. The molecule has 25 heavy (non-hydrogen) atoms. The van der Waals surface area contributed by atoms with Gasteiger partial charge in [-0.25, -0.2) is 0 Å². The molecule has 2 fully saturated rings. The summed E-state index contributed by atoms with van der Waals surface area (Å²) >= 11 is 0. The molecule has 1 heterocycles. The summed E-state index contributed by atoms with van der Waals surface area (Å²) in [6, 6.07) is 7.13. The van der Waals surface area contributed by atoms with E-state index in [1.807, 2.05) is 0 Å². The van der Waals surface area contributed by atoms with E-state index in [0.29, 0.717) is 12.3 Å². The predicted octanol–water partition coefficient (Wildman–Crippen LogP) is 2.95. The molecule has 2 amide bonds. The van der Waals surface area contributed by atoms with Gasteiger partial charge in [-0.3, -0.25) is 9.59 Å². The SMILES string of the molecule is CC(OCC1CCCCO1)C(=O)Nc1ccc(NC(=O)C2CC2)cc1. The third-order valence-corrected chi connectivity index (χ3v) is 4.54. The Morgan fingerprint density at radius 3 is 2.40 bits per heavy atom. The number of hydrogen-bond donors (Lipinski definition) is 2. The molecular formula is C19H26N2O4. The number of hydrogen-bond acceptors (Lipinski definition) is 4. The van der Waals surface area contributed by atoms with E-state index in [4.69, 9.17) is 9.47 Å². The molecule has 1 aromatic carbocycles. The van der Waals surface area contributed by atoms with Gasteiger partial charge in [-0.2, -0.15) is 0 Å². The zero-order valence-corrected chi connectivity index (χ0v) is 14.6. The first-order chi connectivity index (χ1) is 12.1. The quantitative estimate of drug-likeness (QED) is 0.796. The minimum absolute atomic E-state index is 0.0729. The topological polar surface area (TPSA) is 76.7 Å². The number of rotatable bonds is 7. The first-order valence-electron chi connectivity index (χ1n) is 9.07. The van der Waals surface area contributed by atoms with Gasteiger partial charge in [-0.1, -0.05) is 0 Å². The number of ether oxygens (including phenoxy) is 2. The Bertz CT molecular complexity index is 592. The fraction of sp³-hybridized carbons (Fsp3) is 0.579. The van der Waals surface area contributed by atoms with E-state index in [0.717, 1.165) is 44.4 Å². The maximum Gasteiger partial charge on any atom is 0.253 e. The van der Waals surface area contributed by atoms with Gasteiger partial charge in [-0.05, 0) is 63.3 Å². The van der Waals surface area contributed by atoms with E-state index in [1.165, 1.54) is 0 Å². The maximum atomic E-state index is 12.2. The van der Waals surface area contributed by atoms with E-state index in [9.17, 15) is 9.59 Å². The van der Waals surface area contributed by atoms with Gasteiger partial charge in [0.15, 0.2) is 0 Å². The summed E-state index contributed by atoms with van der Waals surface area (Å²) in [6.07, 6.45) is 4.75. The van der Waals surface area contributed by atoms with Crippen molar-refractivity contribution in [3.8, 4) is 0 Å². The van der Waals surface area contributed by atoms with Gasteiger partial charge in [0.1, 0.15) is 6.10 Å². The Morgan fingerprint density at radius 2 is 1.80 bits per heavy atom. The molecule has 1 saturated heterocycles. The summed E-state index contributed by atoms with van der Waals surface area (Å²) in [5.41, 5.74) is 1.42. The van der Waals surface area contributed by atoms with E-state index >= 15 is 0 Å². The number of amides is 2. The second-order valence-corrected chi connectivity index (χ2v) is 6.79. The summed E-state index contributed by atoms with van der Waals surface area (Å²) in [4.78, 5) is 23.9. The molecule has 0 radical (unpaired) electrons. The van der Waals surface area contributed by atoms with Crippen LogP contribution >= 0.6 is 0 Å². The number of anilines is 2. The van der Waals surface area contributed by atoms with E-state index in [2.05, 4.69) is 10.6 Å². The highest BCUT2D eigenvalue weighted by Gasteiger charge is 2.29. The highest BCUT2D eigenvalue weighted by molar-refractivity contribution is 5.96. The normalized spacial score (nSPS) is 21.4. The molecule has 3 rings (SSSR count). The first-order valence-corrected chi connectivity index (χ1v) is 9.07. The Morgan fingerprint density at radius 1 is 1.12 bits per heavy atom. The van der Waals surface area contributed by atoms with Gasteiger partial charge in [0.25, 0.3) is 5.91 Å². The van der Waals surface area contributed by atoms with Gasteiger partial charge < -0.3 is 20.1 Å². The molecule has 1 aliphatic carbocycles. The molecule has 2 unspecified atom stereocenters. The Hall–Kier alpha value is -1.92. The van der Waals surface area contributed by atoms with Crippen molar-refractivity contribution in [1.82, 2.24) is 0 Å². The first kappa shape index (κ1) is 17.9. The van der Waals surface area contributed by atoms with Gasteiger partial charge in [0.2, 0.25) is 5.91 Å². The highest BCUT2D eigenvalue weighted by Crippen LogP contribution is 2.30. The van der Waals surface area contributed by atoms with Crippen molar-refractivity contribution in [1.29, 1.82) is 0 Å². The van der Waals surface area contributed by atoms with E-state index < -0.39 is 6.10 Å². The van der Waals surface area contributed by atoms with Crippen molar-refractivity contribution >= 4 is 23.2 Å². The Labute approximate surface area is 148 Å². The summed E-state index contributed by atoms with van der Waals surface area (Å²) in [5.74, 6) is 0.0554. The largest absolute Gasteiger partial charge is 0.376 e. The number of nitrogens with one attached hydrogen (secondary N) is 2. The van der Waals surface area contributed by atoms with E-state index in [1.54, 1.807) is 31.2 Å². The average molecular weight is 346 g/mol. The van der Waals surface area contributed by atoms with Crippen LogP contribution in [0.15, 0.2) is 24.3 Å². The lowest BCUT2D eigenvalue weighted by Gasteiger charge is -2.23. The number of carbonyl (C=O) groups is 2. The zero-order chi connectivity index (χ0) is 17.6. The fourth-order valence-electron chi connectivity index (χ4n) is 2.74. The molecule has 6 heteroatoms. The van der Waals surface area contributed by atoms with Gasteiger partial charge >= 0.3 is 0 Å². The predicted molar refractivity (Wildman–Crippen MR) is 95.4 cm³/mol. The van der Waals surface area contributed by atoms with Crippen molar-refractivity contribution in [3.05, 3.63) is 24.3 Å². The second kappa shape index (κ2) is 8.45. The molecule has 2 N–H and O–H groups in total. The molecule has 6 nitrogen and oxygen atoms in total. The fourth-order valence-corrected chi connectivity index (χ4v) is 2.74. The third-order valence-electron chi connectivity index (χ3n) is 4.54. The third kappa shape index (κ3) is 5.54. The van der Waals surface area contributed by atoms with Crippen molar-refractivity contribution in [3.63, 3.8) is 0 Å². The van der Waals surface area contributed by atoms with Gasteiger partial charge in [0.05, 0.1) is 12.7 Å². The molecule has 2 aliphatic rings. The smallest absolute Gasteiger partial charge is 0.253 e. The lowest BCUT2D eigenvalue weighted by atomic mass is 10.1. The molecule has 2 atom stereocenters. The van der Waals surface area contributed by atoms with Crippen LogP contribution in [0.25, 0.3) is 0 Å². The summed E-state index contributed by atoms with van der Waals surface area (Å²) in [6.45, 7) is 2.96. The molecule has 0 aromatic heterocycles. The highest BCUT2D eigenvalue weighted by atomic mass is 16.5. The van der Waals surface area contributed by atoms with Gasteiger partial charge in [-0.15, -0.1) is 0 Å². The zero-order valence-electron chi connectivity index (χ0n) is 14.6. The monoisotopic (exact) mass is 346 g/mol. The van der Waals surface area contributed by atoms with Crippen LogP contribution in [0, 0.1) is 5.92 Å². The second-order valence-electron chi connectivity index (χ2n) is 6.79. The van der Waals surface area contributed by atoms with E-state index in [-0.39, 0.29) is 23.8 Å². The average Bonchev–Trinajstić information content (AvgIpc) is 3.47. The van der Waals surface area contributed by atoms with Crippen LogP contribution in [0.5, 0.6) is 0 Å². The van der Waals surface area contributed by atoms with Crippen molar-refractivity contribution in [2.75, 3.05) is 23.8 Å². The lowest BCUT2D eigenvalue weighted by molar-refractivity contribution is -0.130. The van der Waals surface area contributed by atoms with Crippen molar-refractivity contribution in [2.45, 2.75) is 51.2 Å². The Kier molecular flexibility index (Phi) is 6.04. The summed E-state index contributed by atoms with van der Waals surface area (Å²) < 4.78 is 11.2. The van der Waals surface area contributed by atoms with Crippen LogP contribution in [0.1, 0.15) is 39.0 Å². The van der Waals surface area contributed by atoms with Crippen LogP contribution < -0.4 is 10.6 Å². The molecule has 1 aromatic rings. The number of carbonyl (C=O) groups excluding carboxylic acids is 2. The molecular weight excluding hydrogens is 320 g/mol. The lowest BCUT2D eigenvalue weighted by Crippen LogP contribution is -2.32. The van der Waals surface area contributed by atoms with Crippen LogP contribution in [0.3, 0.4) is 0 Å². The maximum absolute atomic E-state index is 12.2. The van der Waals surface area contributed by atoms with Crippen molar-refractivity contribution < 1.29 is 19.1 Å². The standard InChI is InChI=1S/C19H26N2O4/c1-13(25-12-17-4-2-3-11-24-17)18(22)20-15-7-9-16(10-8-15)21-19(23)14-5-6-14/h7-10,13-14,17H,2-6,11-12H2,1H3,(H,20,22)(H,21,23). The van der Waals surface area contributed by atoms with Crippen LogP contribution in [-0.4, -0.2) is 37.2 Å². The van der Waals surface area contributed by atoms with Crippen molar-refractivity contribution in [2.24, 2.45) is 5.92 Å². The summed E-state index contributed by atoms with van der Waals surface area (Å²) in [5, 5.41) is 5.70. The van der Waals surface area contributed by atoms with Crippen LogP contribution in [-0.2, 0) is 19.1 Å². The minimum atomic E-state index is -0.542.